The lowest BCUT2D eigenvalue weighted by atomic mass is 9.97. The van der Waals surface area contributed by atoms with Gasteiger partial charge in [0.2, 0.25) is 0 Å². The molecule has 16 heavy (non-hydrogen) atoms. The van der Waals surface area contributed by atoms with Gasteiger partial charge in [0.1, 0.15) is 11.4 Å². The van der Waals surface area contributed by atoms with Crippen molar-refractivity contribution in [2.24, 2.45) is 0 Å². The van der Waals surface area contributed by atoms with Crippen molar-refractivity contribution in [2.75, 3.05) is 6.61 Å². The quantitative estimate of drug-likeness (QED) is 0.796. The maximum absolute atomic E-state index is 12.8. The molecule has 1 aromatic carbocycles. The molecule has 2 N–H and O–H groups in total. The summed E-state index contributed by atoms with van der Waals surface area (Å²) in [6.45, 7) is 6.04. The second kappa shape index (κ2) is 4.65. The Morgan fingerprint density at radius 1 is 1.19 bits per heavy atom. The first kappa shape index (κ1) is 13.4. The molecule has 0 saturated heterocycles. The van der Waals surface area contributed by atoms with E-state index in [1.807, 2.05) is 0 Å². The van der Waals surface area contributed by atoms with Crippen molar-refractivity contribution < 1.29 is 14.6 Å². The number of aliphatic hydroxyl groups is 2. The minimum atomic E-state index is -1.51. The van der Waals surface area contributed by atoms with Gasteiger partial charge in [-0.2, -0.15) is 0 Å². The average molecular weight is 242 g/mol. The van der Waals surface area contributed by atoms with Crippen LogP contribution in [0.1, 0.15) is 5.56 Å². The minimum Gasteiger partial charge on any atom is -0.393 e. The zero-order valence-electron chi connectivity index (χ0n) is 10.00. The van der Waals surface area contributed by atoms with Crippen LogP contribution in [0.5, 0.6) is 0 Å². The molecule has 0 fully saturated rings. The Labute approximate surface area is 96.8 Å². The van der Waals surface area contributed by atoms with Gasteiger partial charge in [-0.1, -0.05) is 31.8 Å². The van der Waals surface area contributed by atoms with Gasteiger partial charge < -0.3 is 10.2 Å². The van der Waals surface area contributed by atoms with Crippen LogP contribution in [0.4, 0.5) is 4.39 Å². The molecule has 0 aromatic heterocycles. The third-order valence-electron chi connectivity index (χ3n) is 2.47. The van der Waals surface area contributed by atoms with Gasteiger partial charge in [0.25, 0.3) is 0 Å². The largest absolute Gasteiger partial charge is 0.393 e. The van der Waals surface area contributed by atoms with E-state index in [0.29, 0.717) is 11.6 Å². The molecule has 0 unspecified atom stereocenters. The molecule has 0 bridgehead atoms. The van der Waals surface area contributed by atoms with Crippen LogP contribution in [0.15, 0.2) is 24.3 Å². The molecule has 1 atom stereocenters. The van der Waals surface area contributed by atoms with Crippen LogP contribution >= 0.6 is 0 Å². The molecule has 1 aromatic rings. The number of hydrogen-bond donors (Lipinski definition) is 2. The third kappa shape index (κ3) is 3.40. The highest BCUT2D eigenvalue weighted by molar-refractivity contribution is 6.76. The standard InChI is InChI=1S/C12H19FO2Si/c1-16(2,3)9-12(15,8-14)10-4-6-11(13)7-5-10/h4-7,14-15H,8-9H2,1-3H3/t12-/m1/s1. The first-order chi connectivity index (χ1) is 7.27. The predicted molar refractivity (Wildman–Crippen MR) is 65.5 cm³/mol. The van der Waals surface area contributed by atoms with Crippen molar-refractivity contribution in [3.05, 3.63) is 35.6 Å². The molecule has 0 radical (unpaired) electrons. The zero-order chi connectivity index (χ0) is 12.4. The molecule has 0 heterocycles. The summed E-state index contributed by atoms with van der Waals surface area (Å²) in [7, 11) is -1.51. The van der Waals surface area contributed by atoms with Gasteiger partial charge in [-0.3, -0.25) is 0 Å². The normalized spacial score (nSPS) is 15.9. The first-order valence-corrected chi connectivity index (χ1v) is 9.07. The molecular formula is C12H19FO2Si. The lowest BCUT2D eigenvalue weighted by molar-refractivity contribution is -0.00337. The average Bonchev–Trinajstić information content (AvgIpc) is 2.16. The fourth-order valence-electron chi connectivity index (χ4n) is 1.89. The topological polar surface area (TPSA) is 40.5 Å². The second-order valence-corrected chi connectivity index (χ2v) is 10.9. The van der Waals surface area contributed by atoms with Crippen LogP contribution in [0.3, 0.4) is 0 Å². The smallest absolute Gasteiger partial charge is 0.123 e. The molecule has 0 aliphatic heterocycles. The highest BCUT2D eigenvalue weighted by atomic mass is 28.3. The molecule has 0 aliphatic rings. The fourth-order valence-corrected chi connectivity index (χ4v) is 3.96. The number of hydrogen-bond acceptors (Lipinski definition) is 2. The van der Waals surface area contributed by atoms with Crippen LogP contribution in [-0.2, 0) is 5.60 Å². The Hall–Kier alpha value is -0.713. The van der Waals surface area contributed by atoms with E-state index in [0.717, 1.165) is 0 Å². The van der Waals surface area contributed by atoms with E-state index in [4.69, 9.17) is 0 Å². The van der Waals surface area contributed by atoms with Crippen molar-refractivity contribution in [3.63, 3.8) is 0 Å². The number of rotatable bonds is 4. The maximum atomic E-state index is 12.8. The van der Waals surface area contributed by atoms with E-state index in [-0.39, 0.29) is 12.4 Å². The summed E-state index contributed by atoms with van der Waals surface area (Å²) >= 11 is 0. The van der Waals surface area contributed by atoms with E-state index < -0.39 is 13.7 Å². The van der Waals surface area contributed by atoms with Gasteiger partial charge in [0.05, 0.1) is 6.61 Å². The van der Waals surface area contributed by atoms with Gasteiger partial charge in [-0.25, -0.2) is 4.39 Å². The molecular weight excluding hydrogens is 223 g/mol. The summed E-state index contributed by atoms with van der Waals surface area (Å²) in [5.74, 6) is -0.336. The number of aliphatic hydroxyl groups excluding tert-OH is 1. The Bertz CT molecular complexity index is 345. The Kier molecular flexibility index (Phi) is 3.88. The summed E-state index contributed by atoms with van der Waals surface area (Å²) < 4.78 is 12.8. The van der Waals surface area contributed by atoms with Gasteiger partial charge in [0.15, 0.2) is 0 Å². The van der Waals surface area contributed by atoms with Crippen LogP contribution < -0.4 is 0 Å². The molecule has 4 heteroatoms. The van der Waals surface area contributed by atoms with Gasteiger partial charge in [-0.15, -0.1) is 0 Å². The van der Waals surface area contributed by atoms with Crippen molar-refractivity contribution >= 4 is 8.07 Å². The van der Waals surface area contributed by atoms with Crippen molar-refractivity contribution in [1.29, 1.82) is 0 Å². The lowest BCUT2D eigenvalue weighted by Gasteiger charge is -2.32. The van der Waals surface area contributed by atoms with Gasteiger partial charge >= 0.3 is 0 Å². The first-order valence-electron chi connectivity index (χ1n) is 5.36. The second-order valence-electron chi connectivity index (χ2n) is 5.43. The van der Waals surface area contributed by atoms with Crippen molar-refractivity contribution in [3.8, 4) is 0 Å². The SMILES string of the molecule is C[Si](C)(C)C[C@](O)(CO)c1ccc(F)cc1. The number of halogens is 1. The highest BCUT2D eigenvalue weighted by Crippen LogP contribution is 2.30. The van der Waals surface area contributed by atoms with E-state index in [1.165, 1.54) is 24.3 Å². The minimum absolute atomic E-state index is 0.330. The zero-order valence-corrected chi connectivity index (χ0v) is 11.0. The van der Waals surface area contributed by atoms with Crippen molar-refractivity contribution in [2.45, 2.75) is 31.3 Å². The van der Waals surface area contributed by atoms with E-state index in [9.17, 15) is 14.6 Å². The van der Waals surface area contributed by atoms with Crippen LogP contribution in [0.25, 0.3) is 0 Å². The van der Waals surface area contributed by atoms with Crippen LogP contribution in [-0.4, -0.2) is 24.9 Å². The molecule has 0 amide bonds. The fraction of sp³-hybridized carbons (Fsp3) is 0.500. The Balaban J connectivity index is 3.00. The molecule has 2 nitrogen and oxygen atoms in total. The van der Waals surface area contributed by atoms with E-state index in [1.54, 1.807) is 0 Å². The van der Waals surface area contributed by atoms with E-state index >= 15 is 0 Å². The highest BCUT2D eigenvalue weighted by Gasteiger charge is 2.34. The maximum Gasteiger partial charge on any atom is 0.123 e. The Morgan fingerprint density at radius 3 is 2.06 bits per heavy atom. The molecule has 0 saturated carbocycles. The third-order valence-corrected chi connectivity index (χ3v) is 4.11. The molecule has 0 spiro atoms. The molecule has 90 valence electrons. The monoisotopic (exact) mass is 242 g/mol. The number of benzene rings is 1. The van der Waals surface area contributed by atoms with Gasteiger partial charge in [0, 0.05) is 8.07 Å². The van der Waals surface area contributed by atoms with Crippen molar-refractivity contribution in [1.82, 2.24) is 0 Å². The lowest BCUT2D eigenvalue weighted by Crippen LogP contribution is -2.38. The predicted octanol–water partition coefficient (Wildman–Crippen LogP) is 2.34. The molecule has 1 rings (SSSR count). The van der Waals surface area contributed by atoms with Crippen LogP contribution in [0.2, 0.25) is 25.7 Å². The summed E-state index contributed by atoms with van der Waals surface area (Å²) in [5.41, 5.74) is -0.656. The Morgan fingerprint density at radius 2 is 1.69 bits per heavy atom. The molecule has 0 aliphatic carbocycles. The summed E-state index contributed by atoms with van der Waals surface area (Å²) in [4.78, 5) is 0. The van der Waals surface area contributed by atoms with E-state index in [2.05, 4.69) is 19.6 Å². The summed E-state index contributed by atoms with van der Waals surface area (Å²) in [6, 6.07) is 6.24. The van der Waals surface area contributed by atoms with Crippen LogP contribution in [0, 0.1) is 5.82 Å². The van der Waals surface area contributed by atoms with Gasteiger partial charge in [-0.05, 0) is 23.7 Å². The summed E-state index contributed by atoms with van der Waals surface area (Å²) in [6.07, 6.45) is 0. The summed E-state index contributed by atoms with van der Waals surface area (Å²) in [5, 5.41) is 19.7.